The highest BCUT2D eigenvalue weighted by molar-refractivity contribution is 5.78. The first-order chi connectivity index (χ1) is 10.3. The van der Waals surface area contributed by atoms with Crippen LogP contribution in [0.3, 0.4) is 0 Å². The van der Waals surface area contributed by atoms with Gasteiger partial charge in [-0.2, -0.15) is 0 Å². The number of amides is 1. The van der Waals surface area contributed by atoms with Crippen molar-refractivity contribution in [2.24, 2.45) is 5.92 Å². The molecule has 3 heterocycles. The van der Waals surface area contributed by atoms with Crippen molar-refractivity contribution in [2.45, 2.75) is 57.3 Å². The summed E-state index contributed by atoms with van der Waals surface area (Å²) in [5.41, 5.74) is 0. The molecule has 3 saturated heterocycles. The fourth-order valence-electron chi connectivity index (χ4n) is 3.87. The van der Waals surface area contributed by atoms with Crippen LogP contribution in [0, 0.1) is 5.92 Å². The average Bonchev–Trinajstić information content (AvgIpc) is 2.95. The lowest BCUT2D eigenvalue weighted by atomic mass is 9.89. The molecule has 1 amide bonds. The van der Waals surface area contributed by atoms with Crippen molar-refractivity contribution in [1.82, 2.24) is 10.2 Å². The van der Waals surface area contributed by atoms with Gasteiger partial charge in [-0.05, 0) is 38.6 Å². The van der Waals surface area contributed by atoms with Gasteiger partial charge in [-0.25, -0.2) is 0 Å². The second kappa shape index (κ2) is 7.56. The molecule has 0 aromatic carbocycles. The van der Waals surface area contributed by atoms with Crippen LogP contribution in [0.1, 0.15) is 44.9 Å². The van der Waals surface area contributed by atoms with Crippen LogP contribution in [0.4, 0.5) is 0 Å². The Hall–Kier alpha value is -0.650. The largest absolute Gasteiger partial charge is 0.356 e. The van der Waals surface area contributed by atoms with Gasteiger partial charge < -0.3 is 14.8 Å². The molecule has 3 fully saturated rings. The van der Waals surface area contributed by atoms with Crippen molar-refractivity contribution in [1.29, 1.82) is 0 Å². The Morgan fingerprint density at radius 1 is 1.24 bits per heavy atom. The molecule has 3 rings (SSSR count). The lowest BCUT2D eigenvalue weighted by Gasteiger charge is -2.39. The number of rotatable bonds is 5. The minimum atomic E-state index is 0.0108. The zero-order chi connectivity index (χ0) is 14.5. The fourth-order valence-corrected chi connectivity index (χ4v) is 3.87. The van der Waals surface area contributed by atoms with Gasteiger partial charge in [0.05, 0.1) is 6.61 Å². The number of hydrogen-bond donors (Lipinski definition) is 1. The second-order valence-electron chi connectivity index (χ2n) is 6.53. The van der Waals surface area contributed by atoms with Crippen LogP contribution in [-0.2, 0) is 14.3 Å². The van der Waals surface area contributed by atoms with Gasteiger partial charge in [0.2, 0.25) is 5.91 Å². The summed E-state index contributed by atoms with van der Waals surface area (Å²) < 4.78 is 11.5. The molecule has 0 saturated carbocycles. The van der Waals surface area contributed by atoms with Gasteiger partial charge in [0.25, 0.3) is 0 Å². The zero-order valence-electron chi connectivity index (χ0n) is 12.9. The Balaban J connectivity index is 1.44. The second-order valence-corrected chi connectivity index (χ2v) is 6.53. The Morgan fingerprint density at radius 2 is 2.14 bits per heavy atom. The van der Waals surface area contributed by atoms with Gasteiger partial charge in [-0.1, -0.05) is 6.42 Å². The molecule has 3 aliphatic heterocycles. The molecule has 21 heavy (non-hydrogen) atoms. The van der Waals surface area contributed by atoms with Crippen LogP contribution in [-0.4, -0.2) is 56.0 Å². The summed E-state index contributed by atoms with van der Waals surface area (Å²) in [6.07, 6.45) is 7.90. The van der Waals surface area contributed by atoms with Crippen LogP contribution in [0.2, 0.25) is 0 Å². The number of hydrogen-bond acceptors (Lipinski definition) is 4. The van der Waals surface area contributed by atoms with Crippen molar-refractivity contribution in [3.05, 3.63) is 0 Å². The predicted molar refractivity (Wildman–Crippen MR) is 79.9 cm³/mol. The van der Waals surface area contributed by atoms with E-state index < -0.39 is 0 Å². The van der Waals surface area contributed by atoms with Gasteiger partial charge in [0.15, 0.2) is 6.29 Å². The van der Waals surface area contributed by atoms with Gasteiger partial charge in [0, 0.05) is 38.1 Å². The molecule has 3 atom stereocenters. The summed E-state index contributed by atoms with van der Waals surface area (Å²) in [5.74, 6) is 0.709. The van der Waals surface area contributed by atoms with Crippen LogP contribution in [0.25, 0.3) is 0 Å². The first-order valence-corrected chi connectivity index (χ1v) is 8.57. The topological polar surface area (TPSA) is 50.8 Å². The highest BCUT2D eigenvalue weighted by Crippen LogP contribution is 2.27. The first kappa shape index (κ1) is 15.3. The van der Waals surface area contributed by atoms with Crippen molar-refractivity contribution >= 4 is 5.91 Å². The molecule has 5 nitrogen and oxygen atoms in total. The van der Waals surface area contributed by atoms with Gasteiger partial charge in [0.1, 0.15) is 0 Å². The first-order valence-electron chi connectivity index (χ1n) is 8.57. The molecule has 3 aliphatic rings. The molecule has 0 aromatic heterocycles. The maximum absolute atomic E-state index is 11.5. The zero-order valence-corrected chi connectivity index (χ0v) is 12.9. The highest BCUT2D eigenvalue weighted by Gasteiger charge is 2.34. The van der Waals surface area contributed by atoms with Crippen molar-refractivity contribution < 1.29 is 14.3 Å². The number of piperidine rings is 1. The van der Waals surface area contributed by atoms with E-state index in [0.29, 0.717) is 18.4 Å². The molecule has 120 valence electrons. The minimum Gasteiger partial charge on any atom is -0.356 e. The Labute approximate surface area is 127 Å². The van der Waals surface area contributed by atoms with E-state index in [1.54, 1.807) is 0 Å². The van der Waals surface area contributed by atoms with Crippen LogP contribution >= 0.6 is 0 Å². The van der Waals surface area contributed by atoms with E-state index >= 15 is 0 Å². The Kier molecular flexibility index (Phi) is 5.49. The summed E-state index contributed by atoms with van der Waals surface area (Å²) in [5, 5.41) is 2.98. The fraction of sp³-hybridized carbons (Fsp3) is 0.938. The van der Waals surface area contributed by atoms with Gasteiger partial charge in [-0.15, -0.1) is 0 Å². The Morgan fingerprint density at radius 3 is 2.90 bits per heavy atom. The van der Waals surface area contributed by atoms with Crippen molar-refractivity contribution in [3.63, 3.8) is 0 Å². The Bertz CT molecular complexity index is 344. The molecule has 0 aliphatic carbocycles. The van der Waals surface area contributed by atoms with E-state index in [1.807, 2.05) is 0 Å². The molecule has 0 aromatic rings. The number of nitrogens with one attached hydrogen (secondary N) is 1. The van der Waals surface area contributed by atoms with E-state index in [9.17, 15) is 4.79 Å². The molecule has 1 N–H and O–H groups in total. The number of ether oxygens (including phenoxy) is 2. The van der Waals surface area contributed by atoms with E-state index in [-0.39, 0.29) is 12.2 Å². The minimum absolute atomic E-state index is 0.0108. The summed E-state index contributed by atoms with van der Waals surface area (Å²) in [7, 11) is 0. The van der Waals surface area contributed by atoms with Gasteiger partial charge >= 0.3 is 0 Å². The highest BCUT2D eigenvalue weighted by atomic mass is 16.7. The number of carbonyl (C=O) groups excluding carboxylic acids is 1. The van der Waals surface area contributed by atoms with Crippen LogP contribution in [0.15, 0.2) is 0 Å². The smallest absolute Gasteiger partial charge is 0.220 e. The lowest BCUT2D eigenvalue weighted by Crippen LogP contribution is -2.46. The molecule has 0 bridgehead atoms. The van der Waals surface area contributed by atoms with E-state index in [4.69, 9.17) is 9.47 Å². The summed E-state index contributed by atoms with van der Waals surface area (Å²) in [4.78, 5) is 14.0. The molecule has 0 spiro atoms. The van der Waals surface area contributed by atoms with Crippen molar-refractivity contribution in [2.75, 3.05) is 32.8 Å². The third-order valence-electron chi connectivity index (χ3n) is 5.04. The lowest BCUT2D eigenvalue weighted by molar-refractivity contribution is -0.165. The number of nitrogens with zero attached hydrogens (tertiary/aromatic N) is 1. The monoisotopic (exact) mass is 296 g/mol. The molecular formula is C16H28N2O3. The van der Waals surface area contributed by atoms with E-state index in [2.05, 4.69) is 10.2 Å². The SMILES string of the molecule is O=C1CC(C2CCCCN2CCOC2CCCCO2)CN1. The summed E-state index contributed by atoms with van der Waals surface area (Å²) >= 11 is 0. The van der Waals surface area contributed by atoms with Crippen molar-refractivity contribution in [3.8, 4) is 0 Å². The quantitative estimate of drug-likeness (QED) is 0.836. The third kappa shape index (κ3) is 4.18. The molecule has 0 radical (unpaired) electrons. The number of carbonyl (C=O) groups is 1. The van der Waals surface area contributed by atoms with Gasteiger partial charge in [-0.3, -0.25) is 9.69 Å². The van der Waals surface area contributed by atoms with E-state index in [0.717, 1.165) is 45.7 Å². The number of likely N-dealkylation sites (tertiary alicyclic amines) is 1. The maximum Gasteiger partial charge on any atom is 0.220 e. The molecular weight excluding hydrogens is 268 g/mol. The van der Waals surface area contributed by atoms with Crippen LogP contribution in [0.5, 0.6) is 0 Å². The van der Waals surface area contributed by atoms with E-state index in [1.165, 1.54) is 25.7 Å². The molecule has 5 heteroatoms. The summed E-state index contributed by atoms with van der Waals surface area (Å²) in [6.45, 7) is 4.55. The summed E-state index contributed by atoms with van der Waals surface area (Å²) in [6, 6.07) is 0.550. The molecule has 3 unspecified atom stereocenters. The van der Waals surface area contributed by atoms with Crippen LogP contribution < -0.4 is 5.32 Å². The average molecular weight is 296 g/mol. The standard InChI is InChI=1S/C16H28N2O3/c19-15-11-13(12-17-15)14-5-1-3-7-18(14)8-10-21-16-6-2-4-9-20-16/h13-14,16H,1-12H2,(H,17,19). The maximum atomic E-state index is 11.5. The normalized spacial score (nSPS) is 34.9. The predicted octanol–water partition coefficient (Wildman–Crippen LogP) is 1.52. The third-order valence-corrected chi connectivity index (χ3v) is 5.04.